The van der Waals surface area contributed by atoms with Crippen molar-refractivity contribution >= 4 is 103 Å². The van der Waals surface area contributed by atoms with E-state index in [0.29, 0.717) is 0 Å². The molecule has 2 N–H and O–H groups in total. The van der Waals surface area contributed by atoms with Crippen molar-refractivity contribution in [2.24, 2.45) is 0 Å². The first kappa shape index (κ1) is 72.7. The Hall–Kier alpha value is -3.54. The fraction of sp³-hybridized carbons (Fsp3) is 0.172. The molecule has 24 heteroatoms. The molecule has 0 aliphatic rings. The zero-order valence-electron chi connectivity index (χ0n) is 44.3. The van der Waals surface area contributed by atoms with E-state index in [2.05, 4.69) is 244 Å². The van der Waals surface area contributed by atoms with Crippen LogP contribution in [0.25, 0.3) is 0 Å². The van der Waals surface area contributed by atoms with Crippen LogP contribution in [0.15, 0.2) is 231 Å². The third-order valence-corrected chi connectivity index (χ3v) is 20.2. The Balaban J connectivity index is 0.000000324. The number of benzene rings is 8. The minimum atomic E-state index is -4.56. The molecule has 0 aliphatic heterocycles. The van der Waals surface area contributed by atoms with Crippen LogP contribution in [-0.4, -0.2) is 21.6 Å². The number of hydrogen-bond donors (Lipinski definition) is 2. The van der Waals surface area contributed by atoms with Gasteiger partial charge in [-0.2, -0.15) is 0 Å². The van der Waals surface area contributed by atoms with Gasteiger partial charge in [-0.05, 0) is 121 Å². The van der Waals surface area contributed by atoms with E-state index in [-0.39, 0.29) is 0 Å². The van der Waals surface area contributed by atoms with Gasteiger partial charge in [0.15, 0.2) is 0 Å². The number of rotatable bonds is 18. The Labute approximate surface area is 517 Å². The molecule has 0 aromatic heterocycles. The molecule has 82 heavy (non-hydrogen) atoms. The quantitative estimate of drug-likeness (QED) is 0.0461. The van der Waals surface area contributed by atoms with E-state index in [4.69, 9.17) is 56.9 Å². The summed E-state index contributed by atoms with van der Waals surface area (Å²) in [5.41, 5.74) is 2.68. The van der Waals surface area contributed by atoms with Crippen LogP contribution in [0.4, 0.5) is 0 Å². The molecule has 0 amide bonds. The van der Waals surface area contributed by atoms with Crippen LogP contribution in [0.1, 0.15) is 50.7 Å². The summed E-state index contributed by atoms with van der Waals surface area (Å²) in [6.07, 6.45) is 6.45. The molecule has 0 fully saturated rings. The van der Waals surface area contributed by atoms with Crippen molar-refractivity contribution in [3.63, 3.8) is 0 Å². The van der Waals surface area contributed by atoms with Crippen molar-refractivity contribution in [2.45, 2.75) is 51.9 Å². The monoisotopic (exact) mass is 1580 g/mol. The van der Waals surface area contributed by atoms with Gasteiger partial charge in [-0.3, -0.25) is 0 Å². The summed E-state index contributed by atoms with van der Waals surface area (Å²) in [5, 5.41) is 8.48. The van der Waals surface area contributed by atoms with Crippen molar-refractivity contribution in [1.29, 1.82) is 0 Å². The van der Waals surface area contributed by atoms with Gasteiger partial charge in [-0.25, -0.2) is 0 Å². The zero-order valence-corrected chi connectivity index (χ0v) is 57.2. The average molecular weight is 1580 g/mol. The molecule has 0 spiro atoms. The summed E-state index contributed by atoms with van der Waals surface area (Å²) in [5.74, 6) is 1.92. The summed E-state index contributed by atoms with van der Waals surface area (Å²) in [4.78, 5) is 0. The number of unbranched alkanes of at least 4 members (excludes halogenated alkanes) is 2. The number of halogens is 4. The average Bonchev–Trinajstić information content (AvgIpc) is 2.94. The van der Waals surface area contributed by atoms with E-state index in [0.717, 1.165) is 62.7 Å². The first-order valence-corrected chi connectivity index (χ1v) is 46.1. The molecule has 8 rings (SSSR count). The predicted octanol–water partition coefficient (Wildman–Crippen LogP) is 11.6. The van der Waals surface area contributed by atoms with Crippen molar-refractivity contribution < 1.29 is 102 Å². The molecule has 0 saturated carbocycles. The summed E-state index contributed by atoms with van der Waals surface area (Å²) >= 11 is -10.1. The normalized spacial score (nSPS) is 11.3. The van der Waals surface area contributed by atoms with Crippen molar-refractivity contribution in [2.75, 3.05) is 13.2 Å². The Kier molecular flexibility index (Phi) is 32.9. The zero-order chi connectivity index (χ0) is 60.7. The minimum absolute atomic E-state index is 0.783. The molecule has 444 valence electrons. The molecule has 14 nitrogen and oxygen atoms in total. The van der Waals surface area contributed by atoms with Crippen LogP contribution in [0.5, 0.6) is 11.5 Å². The standard InChI is InChI=1S/2C29H30OP.4BrH.4Mn.2H2O.10O/c2*1-2-3-23-30-26-21-19-25(20-22-26)24-31(27-13-7-4-8-14-27,28-15-9-5-10-16-28)29-17-11-6-12-18-29;;;;;;;;;;;;;;;;;;;;/h2*4-22H,2-3,23-24H2,1H3;4*1H;;;;;2*1H2;;;;;;;;;;/q2*+1;;;;;2*+1;2*+2;;;;;;;;;;;2*-1/p-6. The van der Waals surface area contributed by atoms with Gasteiger partial charge in [0.25, 0.3) is 0 Å². The molecule has 0 atom stereocenters. The number of ether oxygens (including phenoxy) is 2. The first-order valence-electron chi connectivity index (χ1n) is 24.6. The third-order valence-electron chi connectivity index (χ3n) is 11.4. The van der Waals surface area contributed by atoms with Gasteiger partial charge in [0, 0.05) is 0 Å². The van der Waals surface area contributed by atoms with E-state index in [1.807, 2.05) is 56.4 Å². The van der Waals surface area contributed by atoms with Gasteiger partial charge < -0.3 is 9.47 Å². The van der Waals surface area contributed by atoms with Crippen molar-refractivity contribution in [3.05, 3.63) is 242 Å². The van der Waals surface area contributed by atoms with E-state index >= 15 is 0 Å². The summed E-state index contributed by atoms with van der Waals surface area (Å²) in [6.45, 7) is 5.94. The third kappa shape index (κ3) is 30.0. The fourth-order valence-corrected chi connectivity index (χ4v) is 16.6. The van der Waals surface area contributed by atoms with Crippen LogP contribution in [0, 0.1) is 0 Å². The predicted molar refractivity (Wildman–Crippen MR) is 317 cm³/mol. The Morgan fingerprint density at radius 1 is 0.354 bits per heavy atom. The molecule has 0 bridgehead atoms. The molecule has 8 aromatic carbocycles. The van der Waals surface area contributed by atoms with Gasteiger partial charge in [0.05, 0.1) is 25.5 Å². The topological polar surface area (TPSA) is 242 Å². The summed E-state index contributed by atoms with van der Waals surface area (Å²) in [7, 11) is -3.71. The van der Waals surface area contributed by atoms with Crippen LogP contribution < -0.4 is 49.7 Å². The molecule has 0 radical (unpaired) electrons. The first-order chi connectivity index (χ1) is 38.7. The second-order valence-corrected chi connectivity index (χ2v) is 41.1. The Morgan fingerprint density at radius 3 is 0.683 bits per heavy atom. The SMILES string of the molecule is CCCCOc1ccc(C[P+](c2ccccc2)(c2ccccc2)c2ccccc2)cc1.CCCCOc1ccc(C[P+](c2ccccc2)(c2ccccc2)c2ccccc2)cc1.[O]=[Mn](=[O])([O-])[Br].[O]=[Mn](=[O])([O-])[Br].[O]=[Mn](=[O])([OH])[Br].[O]=[Mn](=[O])([OH])[Br]. The molecule has 0 aliphatic carbocycles. The van der Waals surface area contributed by atoms with Gasteiger partial charge >= 0.3 is 149 Å². The van der Waals surface area contributed by atoms with Crippen LogP contribution in [-0.2, 0) is 87.9 Å². The van der Waals surface area contributed by atoms with E-state index < -0.39 is 59.4 Å². The molecule has 0 unspecified atom stereocenters. The molecule has 0 saturated heterocycles. The Morgan fingerprint density at radius 2 is 0.524 bits per heavy atom. The fourth-order valence-electron chi connectivity index (χ4n) is 8.14. The van der Waals surface area contributed by atoms with E-state index in [9.17, 15) is 0 Å². The van der Waals surface area contributed by atoms with Gasteiger partial charge in [-0.1, -0.05) is 160 Å². The van der Waals surface area contributed by atoms with Crippen molar-refractivity contribution in [1.82, 2.24) is 0 Å². The Bertz CT molecular complexity index is 3000. The molecule has 8 aromatic rings. The summed E-state index contributed by atoms with van der Waals surface area (Å²) < 4.78 is 118. The van der Waals surface area contributed by atoms with Gasteiger partial charge in [0.1, 0.15) is 57.9 Å². The van der Waals surface area contributed by atoms with Gasteiger partial charge in [0.2, 0.25) is 0 Å². The maximum absolute atomic E-state index is 9.16. The van der Waals surface area contributed by atoms with Crippen LogP contribution >= 0.6 is 71.0 Å². The van der Waals surface area contributed by atoms with Crippen LogP contribution in [0.2, 0.25) is 0 Å². The summed E-state index contributed by atoms with van der Waals surface area (Å²) in [6, 6.07) is 83.7. The molecular weight excluding hydrogens is 1520 g/mol. The second kappa shape index (κ2) is 37.1. The van der Waals surface area contributed by atoms with Crippen molar-refractivity contribution in [3.8, 4) is 11.5 Å². The number of hydrogen-bond acceptors (Lipinski definition) is 12. The molecule has 0 heterocycles. The van der Waals surface area contributed by atoms with Gasteiger partial charge in [-0.15, -0.1) is 0 Å². The van der Waals surface area contributed by atoms with Crippen LogP contribution in [0.3, 0.4) is 0 Å². The van der Waals surface area contributed by atoms with E-state index in [1.165, 1.54) is 43.0 Å². The van der Waals surface area contributed by atoms with E-state index in [1.54, 1.807) is 0 Å². The second-order valence-electron chi connectivity index (χ2n) is 17.1. The molecular formula is C58H62Br4Mn4O14P2. The maximum atomic E-state index is 9.16.